The predicted octanol–water partition coefficient (Wildman–Crippen LogP) is 4.61. The van der Waals surface area contributed by atoms with Crippen molar-refractivity contribution < 1.29 is 19.4 Å². The molecule has 0 spiro atoms. The predicted molar refractivity (Wildman–Crippen MR) is 142 cm³/mol. The van der Waals surface area contributed by atoms with Crippen LogP contribution in [0.25, 0.3) is 10.9 Å². The van der Waals surface area contributed by atoms with Gasteiger partial charge in [-0.15, -0.1) is 0 Å². The molecule has 0 bridgehead atoms. The van der Waals surface area contributed by atoms with Crippen LogP contribution in [0.1, 0.15) is 19.5 Å². The molecule has 0 aliphatic rings. The molecular weight excluding hydrogens is 494 g/mol. The molecule has 0 fully saturated rings. The Morgan fingerprint density at radius 3 is 2.65 bits per heavy atom. The molecule has 0 aliphatic carbocycles. The molecular formula is C27H28ClN5O4. The van der Waals surface area contributed by atoms with E-state index in [4.69, 9.17) is 21.1 Å². The van der Waals surface area contributed by atoms with Gasteiger partial charge in [-0.05, 0) is 56.3 Å². The summed E-state index contributed by atoms with van der Waals surface area (Å²) >= 11 is 6.48. The maximum Gasteiger partial charge on any atom is 0.250 e. The van der Waals surface area contributed by atoms with Gasteiger partial charge in [-0.1, -0.05) is 23.7 Å². The Morgan fingerprint density at radius 2 is 1.92 bits per heavy atom. The molecule has 37 heavy (non-hydrogen) atoms. The maximum atomic E-state index is 12.0. The third kappa shape index (κ3) is 6.63. The first kappa shape index (κ1) is 26.1. The van der Waals surface area contributed by atoms with Crippen molar-refractivity contribution in [2.75, 3.05) is 18.9 Å². The number of hydrogen-bond acceptors (Lipinski definition) is 8. The van der Waals surface area contributed by atoms with Crippen LogP contribution in [-0.2, 0) is 11.4 Å². The van der Waals surface area contributed by atoms with E-state index in [1.54, 1.807) is 25.4 Å². The van der Waals surface area contributed by atoms with Crippen LogP contribution in [0.2, 0.25) is 5.02 Å². The van der Waals surface area contributed by atoms with E-state index in [2.05, 4.69) is 20.3 Å². The number of aliphatic hydroxyl groups is 1. The lowest BCUT2D eigenvalue weighted by atomic mass is 10.2. The number of likely N-dealkylation sites (N-methyl/N-ethyl adjacent to an activating group) is 1. The number of hydrogen-bond donors (Lipinski definition) is 2. The van der Waals surface area contributed by atoms with Gasteiger partial charge in [0.05, 0.1) is 28.2 Å². The summed E-state index contributed by atoms with van der Waals surface area (Å²) in [6.07, 6.45) is 1.76. The van der Waals surface area contributed by atoms with Gasteiger partial charge in [0.1, 0.15) is 42.5 Å². The van der Waals surface area contributed by atoms with E-state index in [0.717, 1.165) is 5.69 Å². The van der Waals surface area contributed by atoms with Gasteiger partial charge < -0.3 is 24.8 Å². The van der Waals surface area contributed by atoms with Crippen LogP contribution in [-0.4, -0.2) is 56.7 Å². The number of aromatic nitrogens is 3. The average Bonchev–Trinajstić information content (AvgIpc) is 2.88. The fourth-order valence-electron chi connectivity index (χ4n) is 3.79. The van der Waals surface area contributed by atoms with Gasteiger partial charge in [0.15, 0.2) is 0 Å². The molecule has 0 unspecified atom stereocenters. The van der Waals surface area contributed by atoms with Crippen molar-refractivity contribution in [2.24, 2.45) is 0 Å². The van der Waals surface area contributed by atoms with Gasteiger partial charge in [-0.3, -0.25) is 9.78 Å². The normalized spacial score (nSPS) is 12.6. The molecule has 192 valence electrons. The molecule has 0 radical (unpaired) electrons. The minimum Gasteiger partial charge on any atom is -0.488 e. The van der Waals surface area contributed by atoms with E-state index in [1.165, 1.54) is 18.2 Å². The second-order valence-electron chi connectivity index (χ2n) is 8.58. The Hall–Kier alpha value is -3.95. The molecule has 9 nitrogen and oxygen atoms in total. The van der Waals surface area contributed by atoms with Crippen LogP contribution in [0.5, 0.6) is 11.5 Å². The zero-order valence-electron chi connectivity index (χ0n) is 20.8. The number of benzene rings is 2. The van der Waals surface area contributed by atoms with Crippen molar-refractivity contribution >= 4 is 39.9 Å². The number of carbonyl (C=O) groups is 1. The molecule has 2 atom stereocenters. The average molecular weight is 522 g/mol. The lowest BCUT2D eigenvalue weighted by Gasteiger charge is -2.24. The SMILES string of the molecule is C[C@H](CN(C)C(=O)[C@@H](C)O)Oc1cccc2ncnc(Nc3ccc(OCc4ccccn4)c(Cl)c3)c12. The van der Waals surface area contributed by atoms with E-state index >= 15 is 0 Å². The van der Waals surface area contributed by atoms with Crippen molar-refractivity contribution in [2.45, 2.75) is 32.7 Å². The van der Waals surface area contributed by atoms with Crippen LogP contribution >= 0.6 is 11.6 Å². The smallest absolute Gasteiger partial charge is 0.250 e. The zero-order chi connectivity index (χ0) is 26.4. The molecule has 0 saturated carbocycles. The van der Waals surface area contributed by atoms with E-state index < -0.39 is 6.10 Å². The number of anilines is 2. The largest absolute Gasteiger partial charge is 0.488 e. The summed E-state index contributed by atoms with van der Waals surface area (Å²) in [4.78, 5) is 26.5. The van der Waals surface area contributed by atoms with Gasteiger partial charge in [0, 0.05) is 18.9 Å². The van der Waals surface area contributed by atoms with Crippen molar-refractivity contribution in [3.8, 4) is 11.5 Å². The highest BCUT2D eigenvalue weighted by Crippen LogP contribution is 2.34. The molecule has 10 heteroatoms. The fourth-order valence-corrected chi connectivity index (χ4v) is 4.02. The number of fused-ring (bicyclic) bond motifs is 1. The first-order valence-electron chi connectivity index (χ1n) is 11.7. The Kier molecular flexibility index (Phi) is 8.37. The summed E-state index contributed by atoms with van der Waals surface area (Å²) in [5.74, 6) is 1.27. The number of halogens is 1. The van der Waals surface area contributed by atoms with E-state index in [9.17, 15) is 9.90 Å². The maximum absolute atomic E-state index is 12.0. The van der Waals surface area contributed by atoms with Crippen LogP contribution in [0.15, 0.2) is 67.1 Å². The number of nitrogens with one attached hydrogen (secondary N) is 1. The summed E-state index contributed by atoms with van der Waals surface area (Å²) in [6, 6.07) is 16.5. The number of pyridine rings is 1. The third-order valence-electron chi connectivity index (χ3n) is 5.51. The minimum absolute atomic E-state index is 0.298. The van der Waals surface area contributed by atoms with Gasteiger partial charge >= 0.3 is 0 Å². The second kappa shape index (κ2) is 11.9. The van der Waals surface area contributed by atoms with Crippen molar-refractivity contribution in [3.63, 3.8) is 0 Å². The first-order chi connectivity index (χ1) is 17.8. The number of ether oxygens (including phenoxy) is 2. The first-order valence-corrected chi connectivity index (χ1v) is 12.1. The number of rotatable bonds is 10. The third-order valence-corrected chi connectivity index (χ3v) is 5.81. The number of aliphatic hydroxyl groups excluding tert-OH is 1. The standard InChI is InChI=1S/C27H28ClN5O4/c1-17(14-33(3)27(35)18(2)34)37-24-9-6-8-22-25(24)26(31-16-30-22)32-19-10-11-23(21(28)13-19)36-15-20-7-4-5-12-29-20/h4-13,16-18,34H,14-15H2,1-3H3,(H,30,31,32)/t17-,18-/m1/s1. The number of amides is 1. The van der Waals surface area contributed by atoms with Gasteiger partial charge in [-0.2, -0.15) is 0 Å². The molecule has 4 rings (SSSR count). The van der Waals surface area contributed by atoms with Gasteiger partial charge in [0.2, 0.25) is 0 Å². The summed E-state index contributed by atoms with van der Waals surface area (Å²) < 4.78 is 12.0. The molecule has 4 aromatic rings. The van der Waals surface area contributed by atoms with Gasteiger partial charge in [0.25, 0.3) is 5.91 Å². The summed E-state index contributed by atoms with van der Waals surface area (Å²) in [7, 11) is 1.63. The van der Waals surface area contributed by atoms with Gasteiger partial charge in [-0.25, -0.2) is 9.97 Å². The molecule has 2 aromatic heterocycles. The summed E-state index contributed by atoms with van der Waals surface area (Å²) in [5, 5.41) is 14.0. The zero-order valence-corrected chi connectivity index (χ0v) is 21.5. The monoisotopic (exact) mass is 521 g/mol. The van der Waals surface area contributed by atoms with E-state index in [1.807, 2.05) is 49.4 Å². The minimum atomic E-state index is -1.07. The molecule has 2 aromatic carbocycles. The van der Waals surface area contributed by atoms with E-state index in [0.29, 0.717) is 52.1 Å². The quantitative estimate of drug-likeness (QED) is 0.311. The lowest BCUT2D eigenvalue weighted by Crippen LogP contribution is -2.40. The highest BCUT2D eigenvalue weighted by molar-refractivity contribution is 6.32. The van der Waals surface area contributed by atoms with Crippen molar-refractivity contribution in [1.29, 1.82) is 0 Å². The fraction of sp³-hybridized carbons (Fsp3) is 0.259. The molecule has 2 heterocycles. The molecule has 1 amide bonds. The molecule has 2 N–H and O–H groups in total. The van der Waals surface area contributed by atoms with Crippen LogP contribution in [0, 0.1) is 0 Å². The second-order valence-corrected chi connectivity index (χ2v) is 8.98. The Bertz CT molecular complexity index is 1360. The molecule has 0 saturated heterocycles. The summed E-state index contributed by atoms with van der Waals surface area (Å²) in [5.41, 5.74) is 2.20. The topological polar surface area (TPSA) is 110 Å². The number of carbonyl (C=O) groups excluding carboxylic acids is 1. The number of nitrogens with zero attached hydrogens (tertiary/aromatic N) is 4. The Morgan fingerprint density at radius 1 is 1.08 bits per heavy atom. The lowest BCUT2D eigenvalue weighted by molar-refractivity contribution is -0.138. The Balaban J connectivity index is 1.52. The van der Waals surface area contributed by atoms with E-state index in [-0.39, 0.29) is 12.0 Å². The highest BCUT2D eigenvalue weighted by Gasteiger charge is 2.19. The molecule has 0 aliphatic heterocycles. The highest BCUT2D eigenvalue weighted by atomic mass is 35.5. The Labute approximate surface area is 220 Å². The van der Waals surface area contributed by atoms with Crippen molar-refractivity contribution in [3.05, 3.63) is 77.8 Å². The van der Waals surface area contributed by atoms with Crippen LogP contribution < -0.4 is 14.8 Å². The van der Waals surface area contributed by atoms with Crippen LogP contribution in [0.4, 0.5) is 11.5 Å². The van der Waals surface area contributed by atoms with Crippen LogP contribution in [0.3, 0.4) is 0 Å². The van der Waals surface area contributed by atoms with Crippen molar-refractivity contribution in [1.82, 2.24) is 19.9 Å². The summed E-state index contributed by atoms with van der Waals surface area (Å²) in [6.45, 7) is 3.90.